The standard InChI is InChI=1S/C19H19N3O4/c1-25-14-8-7-13(17(9-14)26-2)10-20-18(23)11-22-12-21-16-6-4-3-5-15(16)19(22)24/h3-9,12H,10-11H2,1-2H3,(H,20,23). The number of hydrogen-bond acceptors (Lipinski definition) is 5. The summed E-state index contributed by atoms with van der Waals surface area (Å²) in [6.45, 7) is 0.177. The molecule has 7 heteroatoms. The number of ether oxygens (including phenoxy) is 2. The number of methoxy groups -OCH3 is 2. The number of aromatic nitrogens is 2. The molecular formula is C19H19N3O4. The van der Waals surface area contributed by atoms with E-state index >= 15 is 0 Å². The number of nitrogens with one attached hydrogen (secondary N) is 1. The molecule has 0 fully saturated rings. The first kappa shape index (κ1) is 17.5. The van der Waals surface area contributed by atoms with Crippen LogP contribution in [0, 0.1) is 0 Å². The van der Waals surface area contributed by atoms with Crippen LogP contribution in [0.5, 0.6) is 11.5 Å². The van der Waals surface area contributed by atoms with Crippen LogP contribution in [-0.2, 0) is 17.9 Å². The van der Waals surface area contributed by atoms with Gasteiger partial charge in [0.2, 0.25) is 5.91 Å². The maximum absolute atomic E-state index is 12.4. The Hall–Kier alpha value is -3.35. The number of amides is 1. The largest absolute Gasteiger partial charge is 0.497 e. The van der Waals surface area contributed by atoms with Crippen LogP contribution in [0.2, 0.25) is 0 Å². The van der Waals surface area contributed by atoms with E-state index in [4.69, 9.17) is 9.47 Å². The lowest BCUT2D eigenvalue weighted by Gasteiger charge is -2.12. The molecule has 134 valence electrons. The molecule has 1 N–H and O–H groups in total. The second kappa shape index (κ2) is 7.69. The lowest BCUT2D eigenvalue weighted by molar-refractivity contribution is -0.121. The van der Waals surface area contributed by atoms with E-state index < -0.39 is 0 Å². The van der Waals surface area contributed by atoms with Gasteiger partial charge in [-0.25, -0.2) is 4.98 Å². The average molecular weight is 353 g/mol. The van der Waals surface area contributed by atoms with E-state index in [1.54, 1.807) is 44.6 Å². The summed E-state index contributed by atoms with van der Waals surface area (Å²) in [7, 11) is 3.13. The zero-order valence-corrected chi connectivity index (χ0v) is 14.6. The van der Waals surface area contributed by atoms with Gasteiger partial charge in [-0.05, 0) is 24.3 Å². The van der Waals surface area contributed by atoms with Crippen LogP contribution in [-0.4, -0.2) is 29.7 Å². The molecule has 0 spiro atoms. The number of fused-ring (bicyclic) bond motifs is 1. The number of rotatable bonds is 6. The number of hydrogen-bond donors (Lipinski definition) is 1. The quantitative estimate of drug-likeness (QED) is 0.730. The molecule has 26 heavy (non-hydrogen) atoms. The Kier molecular flexibility index (Phi) is 5.17. The summed E-state index contributed by atoms with van der Waals surface area (Å²) in [5, 5.41) is 3.27. The van der Waals surface area contributed by atoms with E-state index in [0.717, 1.165) is 5.56 Å². The van der Waals surface area contributed by atoms with Gasteiger partial charge in [-0.15, -0.1) is 0 Å². The van der Waals surface area contributed by atoms with E-state index in [9.17, 15) is 9.59 Å². The number of benzene rings is 2. The first-order chi connectivity index (χ1) is 12.6. The Morgan fingerprint density at radius 3 is 2.73 bits per heavy atom. The summed E-state index contributed by atoms with van der Waals surface area (Å²) < 4.78 is 11.8. The second-order valence-electron chi connectivity index (χ2n) is 5.65. The zero-order valence-electron chi connectivity index (χ0n) is 14.6. The van der Waals surface area contributed by atoms with Crippen molar-refractivity contribution in [2.75, 3.05) is 14.2 Å². The minimum atomic E-state index is -0.290. The second-order valence-corrected chi connectivity index (χ2v) is 5.65. The highest BCUT2D eigenvalue weighted by molar-refractivity contribution is 5.78. The molecular weight excluding hydrogens is 334 g/mol. The predicted octanol–water partition coefficient (Wildman–Crippen LogP) is 1.73. The molecule has 2 aromatic carbocycles. The van der Waals surface area contributed by atoms with Crippen LogP contribution >= 0.6 is 0 Å². The SMILES string of the molecule is COc1ccc(CNC(=O)Cn2cnc3ccccc3c2=O)c(OC)c1. The minimum Gasteiger partial charge on any atom is -0.497 e. The average Bonchev–Trinajstić information content (AvgIpc) is 2.68. The first-order valence-corrected chi connectivity index (χ1v) is 8.04. The van der Waals surface area contributed by atoms with Crippen LogP contribution in [0.3, 0.4) is 0 Å². The molecule has 3 rings (SSSR count). The van der Waals surface area contributed by atoms with Crippen molar-refractivity contribution in [2.24, 2.45) is 0 Å². The lowest BCUT2D eigenvalue weighted by Crippen LogP contribution is -2.32. The third kappa shape index (κ3) is 3.66. The van der Waals surface area contributed by atoms with E-state index in [0.29, 0.717) is 22.4 Å². The Morgan fingerprint density at radius 2 is 1.96 bits per heavy atom. The molecule has 0 unspecified atom stereocenters. The van der Waals surface area contributed by atoms with Crippen molar-refractivity contribution in [3.63, 3.8) is 0 Å². The van der Waals surface area contributed by atoms with Gasteiger partial charge in [0.1, 0.15) is 18.0 Å². The van der Waals surface area contributed by atoms with Gasteiger partial charge in [0.05, 0.1) is 31.4 Å². The summed E-state index contributed by atoms with van der Waals surface area (Å²) in [5.41, 5.74) is 1.18. The number of carbonyl (C=O) groups excluding carboxylic acids is 1. The maximum atomic E-state index is 12.4. The van der Waals surface area contributed by atoms with Gasteiger partial charge in [0.25, 0.3) is 5.56 Å². The van der Waals surface area contributed by atoms with Crippen LogP contribution < -0.4 is 20.3 Å². The van der Waals surface area contributed by atoms with E-state index in [1.807, 2.05) is 12.1 Å². The van der Waals surface area contributed by atoms with Gasteiger partial charge in [-0.3, -0.25) is 14.2 Å². The van der Waals surface area contributed by atoms with Gasteiger partial charge in [-0.1, -0.05) is 12.1 Å². The van der Waals surface area contributed by atoms with Crippen molar-refractivity contribution in [2.45, 2.75) is 13.1 Å². The third-order valence-electron chi connectivity index (χ3n) is 4.02. The molecule has 7 nitrogen and oxygen atoms in total. The normalized spacial score (nSPS) is 10.5. The van der Waals surface area contributed by atoms with Gasteiger partial charge in [0, 0.05) is 18.2 Å². The number of nitrogens with zero attached hydrogens (tertiary/aromatic N) is 2. The Morgan fingerprint density at radius 1 is 1.15 bits per heavy atom. The molecule has 1 aromatic heterocycles. The molecule has 0 radical (unpaired) electrons. The Bertz CT molecular complexity index is 997. The monoisotopic (exact) mass is 353 g/mol. The fourth-order valence-electron chi connectivity index (χ4n) is 2.62. The molecule has 0 saturated carbocycles. The zero-order chi connectivity index (χ0) is 18.5. The highest BCUT2D eigenvalue weighted by Crippen LogP contribution is 2.24. The molecule has 0 aliphatic carbocycles. The summed E-state index contributed by atoms with van der Waals surface area (Å²) >= 11 is 0. The number of para-hydroxylation sites is 1. The summed E-state index contributed by atoms with van der Waals surface area (Å²) in [4.78, 5) is 28.9. The highest BCUT2D eigenvalue weighted by Gasteiger charge is 2.10. The summed E-state index contributed by atoms with van der Waals surface area (Å²) in [6.07, 6.45) is 1.39. The topological polar surface area (TPSA) is 82.5 Å². The van der Waals surface area contributed by atoms with Crippen molar-refractivity contribution in [3.05, 3.63) is 64.7 Å². The van der Waals surface area contributed by atoms with Crippen LogP contribution in [0.25, 0.3) is 10.9 Å². The minimum absolute atomic E-state index is 0.102. The van der Waals surface area contributed by atoms with Gasteiger partial charge < -0.3 is 14.8 Å². The van der Waals surface area contributed by atoms with Crippen molar-refractivity contribution in [1.82, 2.24) is 14.9 Å². The molecule has 3 aromatic rings. The smallest absolute Gasteiger partial charge is 0.261 e. The van der Waals surface area contributed by atoms with Gasteiger partial charge in [-0.2, -0.15) is 0 Å². The van der Waals surface area contributed by atoms with E-state index in [-0.39, 0.29) is 24.6 Å². The molecule has 0 atom stereocenters. The number of carbonyl (C=O) groups is 1. The fourth-order valence-corrected chi connectivity index (χ4v) is 2.62. The third-order valence-corrected chi connectivity index (χ3v) is 4.02. The fraction of sp³-hybridized carbons (Fsp3) is 0.211. The molecule has 1 amide bonds. The van der Waals surface area contributed by atoms with Crippen LogP contribution in [0.15, 0.2) is 53.6 Å². The lowest BCUT2D eigenvalue weighted by atomic mass is 10.2. The first-order valence-electron chi connectivity index (χ1n) is 8.04. The van der Waals surface area contributed by atoms with Crippen LogP contribution in [0.1, 0.15) is 5.56 Å². The van der Waals surface area contributed by atoms with Crippen molar-refractivity contribution in [1.29, 1.82) is 0 Å². The van der Waals surface area contributed by atoms with Gasteiger partial charge >= 0.3 is 0 Å². The molecule has 0 aliphatic rings. The van der Waals surface area contributed by atoms with Gasteiger partial charge in [0.15, 0.2) is 0 Å². The highest BCUT2D eigenvalue weighted by atomic mass is 16.5. The predicted molar refractivity (Wildman–Crippen MR) is 97.4 cm³/mol. The van der Waals surface area contributed by atoms with E-state index in [2.05, 4.69) is 10.3 Å². The molecule has 0 bridgehead atoms. The summed E-state index contributed by atoms with van der Waals surface area (Å²) in [5.74, 6) is 1.00. The molecule has 0 aliphatic heterocycles. The maximum Gasteiger partial charge on any atom is 0.261 e. The van der Waals surface area contributed by atoms with E-state index in [1.165, 1.54) is 10.9 Å². The van der Waals surface area contributed by atoms with Crippen LogP contribution in [0.4, 0.5) is 0 Å². The molecule has 1 heterocycles. The van der Waals surface area contributed by atoms with Crippen molar-refractivity contribution >= 4 is 16.8 Å². The molecule has 0 saturated heterocycles. The summed E-state index contributed by atoms with van der Waals surface area (Å²) in [6, 6.07) is 12.4. The van der Waals surface area contributed by atoms with Crippen molar-refractivity contribution < 1.29 is 14.3 Å². The Balaban J connectivity index is 1.70. The van der Waals surface area contributed by atoms with Crippen molar-refractivity contribution in [3.8, 4) is 11.5 Å². The Labute approximate surface area is 150 Å².